The van der Waals surface area contributed by atoms with Crippen molar-refractivity contribution in [1.82, 2.24) is 0 Å². The minimum Gasteiger partial charge on any atom is -0.378 e. The first-order chi connectivity index (χ1) is 11.1. The van der Waals surface area contributed by atoms with Crippen LogP contribution in [0.2, 0.25) is 0 Å². The van der Waals surface area contributed by atoms with E-state index in [4.69, 9.17) is 0 Å². The zero-order valence-electron chi connectivity index (χ0n) is 14.0. The van der Waals surface area contributed by atoms with Crippen LogP contribution in [0, 0.1) is 5.92 Å². The topological polar surface area (TPSA) is 32.3 Å². The van der Waals surface area contributed by atoms with Crippen LogP contribution >= 0.6 is 0 Å². The number of para-hydroxylation sites is 2. The van der Waals surface area contributed by atoms with Gasteiger partial charge in [-0.25, -0.2) is 0 Å². The Balaban J connectivity index is 1.95. The molecule has 1 aliphatic heterocycles. The van der Waals surface area contributed by atoms with Crippen molar-refractivity contribution < 1.29 is 4.79 Å². The van der Waals surface area contributed by atoms with Crippen LogP contribution in [0.15, 0.2) is 54.6 Å². The number of hydrogen-bond donors (Lipinski definition) is 1. The first-order valence-electron chi connectivity index (χ1n) is 8.31. The molecule has 2 atom stereocenters. The lowest BCUT2D eigenvalue weighted by atomic mass is 9.90. The Hall–Kier alpha value is -2.29. The number of nitrogens with one attached hydrogen (secondary N) is 1. The van der Waals surface area contributed by atoms with Crippen molar-refractivity contribution >= 4 is 17.3 Å². The van der Waals surface area contributed by atoms with Gasteiger partial charge in [0.05, 0.1) is 6.04 Å². The fraction of sp³-hybridized carbons (Fsp3) is 0.350. The van der Waals surface area contributed by atoms with Crippen molar-refractivity contribution in [2.24, 2.45) is 5.92 Å². The molecule has 0 unspecified atom stereocenters. The monoisotopic (exact) mass is 308 g/mol. The molecule has 3 nitrogen and oxygen atoms in total. The van der Waals surface area contributed by atoms with Crippen molar-refractivity contribution in [2.45, 2.75) is 39.3 Å². The molecule has 1 amide bonds. The average Bonchev–Trinajstić information content (AvgIpc) is 2.55. The Kier molecular flexibility index (Phi) is 4.37. The molecule has 0 spiro atoms. The van der Waals surface area contributed by atoms with Crippen LogP contribution in [0.1, 0.15) is 38.8 Å². The van der Waals surface area contributed by atoms with E-state index in [2.05, 4.69) is 36.5 Å². The van der Waals surface area contributed by atoms with Gasteiger partial charge in [-0.05, 0) is 37.1 Å². The Bertz CT molecular complexity index is 681. The number of nitrogens with zero attached hydrogens (tertiary/aromatic N) is 1. The fourth-order valence-corrected chi connectivity index (χ4v) is 3.30. The van der Waals surface area contributed by atoms with E-state index < -0.39 is 0 Å². The number of carbonyl (C=O) groups is 1. The van der Waals surface area contributed by atoms with Crippen molar-refractivity contribution in [2.75, 3.05) is 10.2 Å². The van der Waals surface area contributed by atoms with Gasteiger partial charge in [0.15, 0.2) is 0 Å². The third-order valence-electron chi connectivity index (χ3n) is 4.44. The van der Waals surface area contributed by atoms with Gasteiger partial charge in [-0.2, -0.15) is 0 Å². The van der Waals surface area contributed by atoms with Crippen LogP contribution in [-0.2, 0) is 4.79 Å². The van der Waals surface area contributed by atoms with Gasteiger partial charge < -0.3 is 10.2 Å². The maximum absolute atomic E-state index is 12.6. The molecule has 3 rings (SSSR count). The van der Waals surface area contributed by atoms with Gasteiger partial charge in [0.2, 0.25) is 5.91 Å². The van der Waals surface area contributed by atoms with E-state index in [1.54, 1.807) is 0 Å². The van der Waals surface area contributed by atoms with E-state index in [0.29, 0.717) is 0 Å². The van der Waals surface area contributed by atoms with Crippen molar-refractivity contribution in [3.05, 3.63) is 60.2 Å². The van der Waals surface area contributed by atoms with Gasteiger partial charge in [0, 0.05) is 23.3 Å². The summed E-state index contributed by atoms with van der Waals surface area (Å²) in [5.74, 6) is 0.201. The van der Waals surface area contributed by atoms with E-state index in [1.165, 1.54) is 5.56 Å². The van der Waals surface area contributed by atoms with Gasteiger partial charge in [-0.15, -0.1) is 0 Å². The van der Waals surface area contributed by atoms with Gasteiger partial charge in [0.25, 0.3) is 0 Å². The molecule has 120 valence electrons. The molecule has 0 aromatic heterocycles. The van der Waals surface area contributed by atoms with Crippen LogP contribution < -0.4 is 10.2 Å². The summed E-state index contributed by atoms with van der Waals surface area (Å²) in [5.41, 5.74) is 3.35. The SMILES string of the molecule is CC(C)C(=O)N1c2ccccc2[C@H](Nc2ccccc2)C[C@H]1C. The van der Waals surface area contributed by atoms with Crippen molar-refractivity contribution in [1.29, 1.82) is 0 Å². The highest BCUT2D eigenvalue weighted by Crippen LogP contribution is 2.39. The summed E-state index contributed by atoms with van der Waals surface area (Å²) in [7, 11) is 0. The second-order valence-electron chi connectivity index (χ2n) is 6.57. The molecule has 1 aliphatic rings. The Morgan fingerprint density at radius 3 is 2.43 bits per heavy atom. The second-order valence-corrected chi connectivity index (χ2v) is 6.57. The molecule has 0 radical (unpaired) electrons. The van der Waals surface area contributed by atoms with Crippen LogP contribution in [0.3, 0.4) is 0 Å². The Labute approximate surface area is 138 Å². The summed E-state index contributed by atoms with van der Waals surface area (Å²) in [5, 5.41) is 3.62. The molecular formula is C20H24N2O. The fourth-order valence-electron chi connectivity index (χ4n) is 3.30. The van der Waals surface area contributed by atoms with Crippen LogP contribution in [0.4, 0.5) is 11.4 Å². The van der Waals surface area contributed by atoms with Gasteiger partial charge in [-0.1, -0.05) is 50.2 Å². The highest BCUT2D eigenvalue weighted by atomic mass is 16.2. The van der Waals surface area contributed by atoms with Gasteiger partial charge in [0.1, 0.15) is 0 Å². The minimum absolute atomic E-state index is 0.00383. The van der Waals surface area contributed by atoms with Gasteiger partial charge >= 0.3 is 0 Å². The molecule has 1 heterocycles. The van der Waals surface area contributed by atoms with E-state index in [0.717, 1.165) is 17.8 Å². The maximum atomic E-state index is 12.6. The lowest BCUT2D eigenvalue weighted by molar-refractivity contribution is -0.122. The van der Waals surface area contributed by atoms with E-state index in [1.807, 2.05) is 49.1 Å². The Morgan fingerprint density at radius 1 is 1.09 bits per heavy atom. The highest BCUT2D eigenvalue weighted by molar-refractivity contribution is 5.96. The van der Waals surface area contributed by atoms with Crippen LogP contribution in [0.25, 0.3) is 0 Å². The minimum atomic E-state index is 0.00383. The predicted octanol–water partition coefficient (Wildman–Crippen LogP) is 4.62. The molecule has 3 heteroatoms. The molecule has 0 saturated heterocycles. The number of benzene rings is 2. The predicted molar refractivity (Wildman–Crippen MR) is 95.7 cm³/mol. The molecular weight excluding hydrogens is 284 g/mol. The first-order valence-corrected chi connectivity index (χ1v) is 8.31. The molecule has 23 heavy (non-hydrogen) atoms. The number of fused-ring (bicyclic) bond motifs is 1. The van der Waals surface area contributed by atoms with E-state index in [9.17, 15) is 4.79 Å². The number of amides is 1. The number of rotatable bonds is 3. The standard InChI is InChI=1S/C20H24N2O/c1-14(2)20(23)22-15(3)13-18(17-11-7-8-12-19(17)22)21-16-9-5-4-6-10-16/h4-12,14-15,18,21H,13H2,1-3H3/t15-,18-/m1/s1. The van der Waals surface area contributed by atoms with Crippen molar-refractivity contribution in [3.63, 3.8) is 0 Å². The molecule has 0 saturated carbocycles. The molecule has 0 bridgehead atoms. The molecule has 0 fully saturated rings. The summed E-state index contributed by atoms with van der Waals surface area (Å²) in [6, 6.07) is 18.9. The summed E-state index contributed by atoms with van der Waals surface area (Å²) in [6.45, 7) is 6.06. The normalized spacial score (nSPS) is 20.3. The molecule has 2 aromatic rings. The van der Waals surface area contributed by atoms with Crippen LogP contribution in [0.5, 0.6) is 0 Å². The number of anilines is 2. The zero-order chi connectivity index (χ0) is 16.4. The third-order valence-corrected chi connectivity index (χ3v) is 4.44. The molecule has 1 N–H and O–H groups in total. The Morgan fingerprint density at radius 2 is 1.74 bits per heavy atom. The highest BCUT2D eigenvalue weighted by Gasteiger charge is 2.34. The van der Waals surface area contributed by atoms with Gasteiger partial charge in [-0.3, -0.25) is 4.79 Å². The van der Waals surface area contributed by atoms with E-state index in [-0.39, 0.29) is 23.9 Å². The lowest BCUT2D eigenvalue weighted by Crippen LogP contribution is -2.46. The summed E-state index contributed by atoms with van der Waals surface area (Å²) in [6.07, 6.45) is 0.907. The van der Waals surface area contributed by atoms with E-state index >= 15 is 0 Å². The molecule has 0 aliphatic carbocycles. The lowest BCUT2D eigenvalue weighted by Gasteiger charge is -2.40. The first kappa shape index (κ1) is 15.6. The summed E-state index contributed by atoms with van der Waals surface area (Å²) < 4.78 is 0. The number of hydrogen-bond acceptors (Lipinski definition) is 2. The van der Waals surface area contributed by atoms with Crippen LogP contribution in [-0.4, -0.2) is 11.9 Å². The molecule has 2 aromatic carbocycles. The largest absolute Gasteiger partial charge is 0.378 e. The quantitative estimate of drug-likeness (QED) is 0.897. The summed E-state index contributed by atoms with van der Waals surface area (Å²) >= 11 is 0. The number of carbonyl (C=O) groups excluding carboxylic acids is 1. The third kappa shape index (κ3) is 3.09. The second kappa shape index (κ2) is 6.45. The zero-order valence-corrected chi connectivity index (χ0v) is 14.0. The van der Waals surface area contributed by atoms with Crippen molar-refractivity contribution in [3.8, 4) is 0 Å². The smallest absolute Gasteiger partial charge is 0.229 e. The summed E-state index contributed by atoms with van der Waals surface area (Å²) in [4.78, 5) is 14.6. The maximum Gasteiger partial charge on any atom is 0.229 e. The average molecular weight is 308 g/mol.